The zero-order valence-corrected chi connectivity index (χ0v) is 17.9. The summed E-state index contributed by atoms with van der Waals surface area (Å²) >= 11 is 6.71. The summed E-state index contributed by atoms with van der Waals surface area (Å²) in [7, 11) is 5.92. The molecule has 0 saturated carbocycles. The normalized spacial score (nSPS) is 15.2. The van der Waals surface area contributed by atoms with Crippen LogP contribution in [0.5, 0.6) is 0 Å². The lowest BCUT2D eigenvalue weighted by molar-refractivity contribution is 0.626. The third kappa shape index (κ3) is 6.98. The first-order chi connectivity index (χ1) is 8.77. The number of hydrogen-bond acceptors (Lipinski definition) is 2. The molecule has 0 aliphatic rings. The molecule has 0 aromatic carbocycles. The summed E-state index contributed by atoms with van der Waals surface area (Å²) in [6.07, 6.45) is 2.52. The molecule has 2 nitrogen and oxygen atoms in total. The number of allylic oxidation sites excluding steroid dienone is 1. The zero-order valence-electron chi connectivity index (χ0n) is 15.2. The van der Waals surface area contributed by atoms with Gasteiger partial charge in [-0.15, -0.1) is 0 Å². The first-order valence-electron chi connectivity index (χ1n) is 7.43. The van der Waals surface area contributed by atoms with Gasteiger partial charge in [0.05, 0.1) is 8.07 Å². The van der Waals surface area contributed by atoms with E-state index >= 15 is 0 Å². The van der Waals surface area contributed by atoms with Crippen molar-refractivity contribution in [3.63, 3.8) is 0 Å². The van der Waals surface area contributed by atoms with Crippen LogP contribution in [0.1, 0.15) is 0 Å². The van der Waals surface area contributed by atoms with Gasteiger partial charge in [0.25, 0.3) is 0 Å². The SMILES string of the molecule is CN(C)B(Cl)B(C(/C=C/[Si](C)(C)C)[Si](C)(C)C)N(C)C. The second-order valence-corrected chi connectivity index (χ2v) is 19.3. The highest BCUT2D eigenvalue weighted by molar-refractivity contribution is 7.43. The van der Waals surface area contributed by atoms with Crippen molar-refractivity contribution in [2.24, 2.45) is 0 Å². The summed E-state index contributed by atoms with van der Waals surface area (Å²) in [4.78, 5) is 4.43. The molecule has 116 valence electrons. The fourth-order valence-corrected chi connectivity index (χ4v) is 6.01. The van der Waals surface area contributed by atoms with Crippen LogP contribution in [0.2, 0.25) is 44.7 Å². The van der Waals surface area contributed by atoms with E-state index in [1.807, 2.05) is 0 Å². The molecule has 0 aliphatic carbocycles. The molecule has 0 N–H and O–H groups in total. The average molecular weight is 331 g/mol. The van der Waals surface area contributed by atoms with Gasteiger partial charge in [-0.05, 0) is 33.6 Å². The summed E-state index contributed by atoms with van der Waals surface area (Å²) in [5.74, 6) is 0. The predicted octanol–water partition coefficient (Wildman–Crippen LogP) is 3.59. The van der Waals surface area contributed by atoms with Gasteiger partial charge in [-0.1, -0.05) is 51.1 Å². The van der Waals surface area contributed by atoms with Gasteiger partial charge in [0.15, 0.2) is 0 Å². The van der Waals surface area contributed by atoms with Crippen molar-refractivity contribution in [3.8, 4) is 0 Å². The lowest BCUT2D eigenvalue weighted by Crippen LogP contribution is -2.58. The molecular weight excluding hydrogens is 297 g/mol. The molecule has 0 aromatic rings. The van der Waals surface area contributed by atoms with Crippen molar-refractivity contribution >= 4 is 40.5 Å². The fraction of sp³-hybridized carbons (Fsp3) is 0.846. The van der Waals surface area contributed by atoms with Crippen molar-refractivity contribution in [1.29, 1.82) is 0 Å². The Hall–Kier alpha value is 0.514. The van der Waals surface area contributed by atoms with Gasteiger partial charge in [0.2, 0.25) is 6.74 Å². The molecule has 0 spiro atoms. The number of nitrogens with zero attached hydrogens (tertiary/aromatic N) is 2. The van der Waals surface area contributed by atoms with E-state index in [0.29, 0.717) is 12.2 Å². The minimum Gasteiger partial charge on any atom is -0.350 e. The van der Waals surface area contributed by atoms with Crippen LogP contribution < -0.4 is 0 Å². The fourth-order valence-electron chi connectivity index (χ4n) is 2.35. The van der Waals surface area contributed by atoms with Crippen LogP contribution in [-0.4, -0.2) is 66.9 Å². The lowest BCUT2D eigenvalue weighted by Gasteiger charge is -2.38. The Bertz CT molecular complexity index is 325. The van der Waals surface area contributed by atoms with E-state index in [1.165, 1.54) is 0 Å². The highest BCUT2D eigenvalue weighted by Crippen LogP contribution is 2.30. The topological polar surface area (TPSA) is 6.48 Å². The Kier molecular flexibility index (Phi) is 7.88. The average Bonchev–Trinajstić information content (AvgIpc) is 2.19. The zero-order chi connectivity index (χ0) is 16.3. The van der Waals surface area contributed by atoms with Crippen molar-refractivity contribution in [1.82, 2.24) is 9.62 Å². The van der Waals surface area contributed by atoms with Crippen LogP contribution in [0.3, 0.4) is 0 Å². The number of halogens is 1. The van der Waals surface area contributed by atoms with Gasteiger partial charge in [-0.3, -0.25) is 0 Å². The lowest BCUT2D eigenvalue weighted by atomic mass is 9.30. The smallest absolute Gasteiger partial charge is 0.313 e. The quantitative estimate of drug-likeness (QED) is 0.658. The van der Waals surface area contributed by atoms with Gasteiger partial charge in [0, 0.05) is 8.07 Å². The molecule has 20 heavy (non-hydrogen) atoms. The van der Waals surface area contributed by atoms with Gasteiger partial charge in [-0.25, -0.2) is 0 Å². The molecule has 0 saturated heterocycles. The Labute approximate surface area is 135 Å². The molecule has 0 radical (unpaired) electrons. The Morgan fingerprint density at radius 1 is 0.900 bits per heavy atom. The molecule has 0 rings (SSSR count). The minimum absolute atomic E-state index is 0.0352. The monoisotopic (exact) mass is 330 g/mol. The van der Waals surface area contributed by atoms with E-state index in [-0.39, 0.29) is 6.15 Å². The summed E-state index contributed by atoms with van der Waals surface area (Å²) < 4.78 is 0. The van der Waals surface area contributed by atoms with Crippen molar-refractivity contribution in [3.05, 3.63) is 11.8 Å². The van der Waals surface area contributed by atoms with E-state index in [4.69, 9.17) is 11.5 Å². The molecule has 1 unspecified atom stereocenters. The van der Waals surface area contributed by atoms with Crippen molar-refractivity contribution in [2.45, 2.75) is 44.7 Å². The molecular formula is C13H33B2ClN2Si2. The van der Waals surface area contributed by atoms with Gasteiger partial charge in [-0.2, -0.15) is 11.5 Å². The maximum Gasteiger partial charge on any atom is 0.313 e. The molecule has 0 aliphatic heterocycles. The van der Waals surface area contributed by atoms with E-state index in [1.54, 1.807) is 0 Å². The largest absolute Gasteiger partial charge is 0.350 e. The highest BCUT2D eigenvalue weighted by Gasteiger charge is 2.43. The Morgan fingerprint density at radius 2 is 1.35 bits per heavy atom. The molecule has 0 aromatic heterocycles. The van der Waals surface area contributed by atoms with Gasteiger partial charge in [0.1, 0.15) is 0 Å². The summed E-state index contributed by atoms with van der Waals surface area (Å²) in [6, 6.07) is 0. The van der Waals surface area contributed by atoms with Crippen molar-refractivity contribution < 1.29 is 0 Å². The standard InChI is InChI=1S/C13H33B2ClN2Si2/c1-17(2)14(15(16)18(3)4)13(20(8,9)10)11-12-19(5,6)7/h11-13H,1-10H3/b12-11+. The second-order valence-electron chi connectivity index (χ2n) is 8.41. The third-order valence-electron chi connectivity index (χ3n) is 3.54. The van der Waals surface area contributed by atoms with E-state index < -0.39 is 16.1 Å². The highest BCUT2D eigenvalue weighted by atomic mass is 35.5. The van der Waals surface area contributed by atoms with Crippen LogP contribution in [-0.2, 0) is 0 Å². The molecule has 1 atom stereocenters. The van der Waals surface area contributed by atoms with E-state index in [2.05, 4.69) is 88.9 Å². The minimum atomic E-state index is -1.34. The number of hydrogen-bond donors (Lipinski definition) is 0. The Balaban J connectivity index is 5.52. The second kappa shape index (κ2) is 7.68. The number of rotatable bonds is 7. The summed E-state index contributed by atoms with van der Waals surface area (Å²) in [5, 5.41) is 0. The molecule has 7 heteroatoms. The van der Waals surface area contributed by atoms with Gasteiger partial charge >= 0.3 is 6.15 Å². The van der Waals surface area contributed by atoms with Crippen LogP contribution in [0.4, 0.5) is 0 Å². The Morgan fingerprint density at radius 3 is 1.60 bits per heavy atom. The predicted molar refractivity (Wildman–Crippen MR) is 104 cm³/mol. The van der Waals surface area contributed by atoms with Crippen LogP contribution in [0, 0.1) is 0 Å². The van der Waals surface area contributed by atoms with Crippen LogP contribution in [0.15, 0.2) is 11.8 Å². The van der Waals surface area contributed by atoms with E-state index in [9.17, 15) is 0 Å². The first-order valence-corrected chi connectivity index (χ1v) is 15.0. The van der Waals surface area contributed by atoms with E-state index in [0.717, 1.165) is 0 Å². The molecule has 0 fully saturated rings. The molecule has 0 bridgehead atoms. The van der Waals surface area contributed by atoms with Gasteiger partial charge < -0.3 is 9.62 Å². The van der Waals surface area contributed by atoms with Crippen molar-refractivity contribution in [2.75, 3.05) is 28.2 Å². The van der Waals surface area contributed by atoms with Crippen LogP contribution in [0.25, 0.3) is 0 Å². The summed E-state index contributed by atoms with van der Waals surface area (Å²) in [6.45, 7) is 14.9. The molecule has 0 heterocycles. The summed E-state index contributed by atoms with van der Waals surface area (Å²) in [5.41, 5.74) is 3.06. The first kappa shape index (κ1) is 20.5. The molecule has 0 amide bonds. The third-order valence-corrected chi connectivity index (χ3v) is 7.92. The van der Waals surface area contributed by atoms with Crippen LogP contribution >= 0.6 is 11.5 Å². The maximum atomic E-state index is 6.71. The maximum absolute atomic E-state index is 6.71.